The van der Waals surface area contributed by atoms with E-state index >= 15 is 0 Å². The lowest BCUT2D eigenvalue weighted by molar-refractivity contribution is 0.0698. The number of benzene rings is 2. The molecular formula is C14H8Br3NO3. The zero-order valence-corrected chi connectivity index (χ0v) is 15.1. The molecular weight excluding hydrogens is 470 g/mol. The van der Waals surface area contributed by atoms with Crippen LogP contribution >= 0.6 is 47.8 Å². The number of hydrogen-bond acceptors (Lipinski definition) is 2. The van der Waals surface area contributed by atoms with Gasteiger partial charge in [0.25, 0.3) is 5.91 Å². The number of halogens is 3. The predicted molar refractivity (Wildman–Crippen MR) is 90.9 cm³/mol. The summed E-state index contributed by atoms with van der Waals surface area (Å²) < 4.78 is 1.85. The van der Waals surface area contributed by atoms with Crippen LogP contribution in [-0.4, -0.2) is 17.0 Å². The Kier molecular flexibility index (Phi) is 5.18. The maximum Gasteiger partial charge on any atom is 0.337 e. The Bertz CT molecular complexity index is 731. The van der Waals surface area contributed by atoms with Gasteiger partial charge in [-0.15, -0.1) is 0 Å². The lowest BCUT2D eigenvalue weighted by Gasteiger charge is -2.11. The smallest absolute Gasteiger partial charge is 0.337 e. The fourth-order valence-electron chi connectivity index (χ4n) is 1.68. The maximum absolute atomic E-state index is 12.2. The Morgan fingerprint density at radius 3 is 2.33 bits per heavy atom. The van der Waals surface area contributed by atoms with E-state index in [0.717, 1.165) is 4.47 Å². The van der Waals surface area contributed by atoms with E-state index in [9.17, 15) is 14.7 Å². The van der Waals surface area contributed by atoms with Crippen molar-refractivity contribution in [3.05, 3.63) is 60.9 Å². The number of carbonyl (C=O) groups excluding carboxylic acids is 1. The normalized spacial score (nSPS) is 10.2. The van der Waals surface area contributed by atoms with Gasteiger partial charge in [0.05, 0.1) is 11.3 Å². The molecule has 0 aliphatic carbocycles. The number of rotatable bonds is 3. The number of aromatic carboxylic acids is 1. The van der Waals surface area contributed by atoms with E-state index in [1.807, 2.05) is 0 Å². The first kappa shape index (κ1) is 16.2. The molecule has 0 fully saturated rings. The van der Waals surface area contributed by atoms with Gasteiger partial charge >= 0.3 is 5.97 Å². The molecule has 2 aromatic rings. The lowest BCUT2D eigenvalue weighted by atomic mass is 10.1. The second kappa shape index (κ2) is 6.72. The van der Waals surface area contributed by atoms with Crippen molar-refractivity contribution in [3.63, 3.8) is 0 Å². The Morgan fingerprint density at radius 2 is 1.71 bits per heavy atom. The van der Waals surface area contributed by atoms with Crippen LogP contribution in [0.25, 0.3) is 0 Å². The van der Waals surface area contributed by atoms with Crippen molar-refractivity contribution in [2.45, 2.75) is 0 Å². The Hall–Kier alpha value is -1.18. The zero-order valence-electron chi connectivity index (χ0n) is 10.4. The molecule has 2 aromatic carbocycles. The molecule has 0 radical (unpaired) electrons. The first-order valence-electron chi connectivity index (χ1n) is 5.67. The highest BCUT2D eigenvalue weighted by molar-refractivity contribution is 9.11. The Morgan fingerprint density at radius 1 is 1.00 bits per heavy atom. The molecule has 7 heteroatoms. The summed E-state index contributed by atoms with van der Waals surface area (Å²) >= 11 is 9.78. The molecule has 0 heterocycles. The number of anilines is 1. The quantitative estimate of drug-likeness (QED) is 0.659. The van der Waals surface area contributed by atoms with Crippen molar-refractivity contribution < 1.29 is 14.7 Å². The third-order valence-corrected chi connectivity index (χ3v) is 4.19. The number of nitrogens with one attached hydrogen (secondary N) is 1. The van der Waals surface area contributed by atoms with Crippen molar-refractivity contribution in [2.75, 3.05) is 5.32 Å². The number of carboxylic acid groups (broad SMARTS) is 1. The Balaban J connectivity index is 2.39. The number of carboxylic acids is 1. The van der Waals surface area contributed by atoms with Crippen molar-refractivity contribution >= 4 is 65.4 Å². The van der Waals surface area contributed by atoms with Gasteiger partial charge in [0.2, 0.25) is 0 Å². The number of amides is 1. The molecule has 0 aromatic heterocycles. The van der Waals surface area contributed by atoms with Gasteiger partial charge < -0.3 is 10.4 Å². The van der Waals surface area contributed by atoms with Crippen LogP contribution in [0.1, 0.15) is 20.7 Å². The summed E-state index contributed by atoms with van der Waals surface area (Å²) in [5.74, 6) is -1.51. The maximum atomic E-state index is 12.2. The van der Waals surface area contributed by atoms with Crippen molar-refractivity contribution in [3.8, 4) is 0 Å². The zero-order chi connectivity index (χ0) is 15.6. The van der Waals surface area contributed by atoms with Gasteiger partial charge in [-0.05, 0) is 46.3 Å². The van der Waals surface area contributed by atoms with Crippen LogP contribution in [0.3, 0.4) is 0 Å². The van der Waals surface area contributed by atoms with Gasteiger partial charge in [-0.3, -0.25) is 4.79 Å². The first-order valence-corrected chi connectivity index (χ1v) is 8.05. The highest BCUT2D eigenvalue weighted by atomic mass is 79.9. The molecule has 0 aliphatic rings. The minimum absolute atomic E-state index is 0.000373. The van der Waals surface area contributed by atoms with E-state index in [0.29, 0.717) is 14.5 Å². The topological polar surface area (TPSA) is 66.4 Å². The van der Waals surface area contributed by atoms with Crippen LogP contribution in [0.2, 0.25) is 0 Å². The van der Waals surface area contributed by atoms with E-state index in [1.54, 1.807) is 30.3 Å². The van der Waals surface area contributed by atoms with Crippen LogP contribution < -0.4 is 5.32 Å². The second-order valence-electron chi connectivity index (χ2n) is 4.08. The van der Waals surface area contributed by atoms with E-state index < -0.39 is 5.97 Å². The first-order chi connectivity index (χ1) is 9.88. The highest BCUT2D eigenvalue weighted by Crippen LogP contribution is 2.31. The standard InChI is InChI=1S/C14H8Br3NO3/c15-8-3-1-2-7(4-8)13(19)18-12-10(14(20)21)5-9(16)6-11(12)17/h1-6H,(H,18,19)(H,20,21). The van der Waals surface area contributed by atoms with Gasteiger partial charge in [-0.25, -0.2) is 4.79 Å². The summed E-state index contributed by atoms with van der Waals surface area (Å²) in [6.07, 6.45) is 0. The van der Waals surface area contributed by atoms with Crippen LogP contribution in [0.15, 0.2) is 49.8 Å². The minimum Gasteiger partial charge on any atom is -0.478 e. The molecule has 4 nitrogen and oxygen atoms in total. The fourth-order valence-corrected chi connectivity index (χ4v) is 3.41. The molecule has 0 spiro atoms. The average Bonchev–Trinajstić information content (AvgIpc) is 2.41. The van der Waals surface area contributed by atoms with Crippen LogP contribution in [0.5, 0.6) is 0 Å². The van der Waals surface area contributed by atoms with Gasteiger partial charge in [-0.1, -0.05) is 37.9 Å². The van der Waals surface area contributed by atoms with Gasteiger partial charge in [0.1, 0.15) is 0 Å². The third kappa shape index (κ3) is 3.93. The minimum atomic E-state index is -1.12. The van der Waals surface area contributed by atoms with Gasteiger partial charge in [-0.2, -0.15) is 0 Å². The van der Waals surface area contributed by atoms with E-state index in [2.05, 4.69) is 53.1 Å². The molecule has 0 unspecified atom stereocenters. The molecule has 21 heavy (non-hydrogen) atoms. The SMILES string of the molecule is O=C(Nc1c(Br)cc(Br)cc1C(=O)O)c1cccc(Br)c1. The van der Waals surface area contributed by atoms with Gasteiger partial charge in [0.15, 0.2) is 0 Å². The predicted octanol–water partition coefficient (Wildman–Crippen LogP) is 4.92. The van der Waals surface area contributed by atoms with E-state index in [-0.39, 0.29) is 17.2 Å². The molecule has 0 aliphatic heterocycles. The van der Waals surface area contributed by atoms with E-state index in [4.69, 9.17) is 0 Å². The molecule has 0 saturated carbocycles. The van der Waals surface area contributed by atoms with E-state index in [1.165, 1.54) is 6.07 Å². The monoisotopic (exact) mass is 475 g/mol. The lowest BCUT2D eigenvalue weighted by Crippen LogP contribution is -2.15. The molecule has 108 valence electrons. The summed E-state index contributed by atoms with van der Waals surface area (Å²) in [4.78, 5) is 23.5. The van der Waals surface area contributed by atoms with Crippen LogP contribution in [0, 0.1) is 0 Å². The summed E-state index contributed by atoms with van der Waals surface area (Å²) in [6, 6.07) is 9.94. The van der Waals surface area contributed by atoms with Crippen molar-refractivity contribution in [1.82, 2.24) is 0 Å². The molecule has 1 amide bonds. The van der Waals surface area contributed by atoms with Crippen molar-refractivity contribution in [1.29, 1.82) is 0 Å². The van der Waals surface area contributed by atoms with Crippen molar-refractivity contribution in [2.24, 2.45) is 0 Å². The fraction of sp³-hybridized carbons (Fsp3) is 0. The summed E-state index contributed by atoms with van der Waals surface area (Å²) in [6.45, 7) is 0. The summed E-state index contributed by atoms with van der Waals surface area (Å²) in [5.41, 5.74) is 0.644. The summed E-state index contributed by atoms with van der Waals surface area (Å²) in [5, 5.41) is 11.9. The van der Waals surface area contributed by atoms with Crippen LogP contribution in [0.4, 0.5) is 5.69 Å². The molecule has 0 bridgehead atoms. The number of carbonyl (C=O) groups is 2. The molecule has 0 atom stereocenters. The number of hydrogen-bond donors (Lipinski definition) is 2. The highest BCUT2D eigenvalue weighted by Gasteiger charge is 2.17. The van der Waals surface area contributed by atoms with Gasteiger partial charge in [0, 0.05) is 19.0 Å². The Labute approximate surface area is 145 Å². The van der Waals surface area contributed by atoms with Crippen LogP contribution in [-0.2, 0) is 0 Å². The molecule has 2 N–H and O–H groups in total. The second-order valence-corrected chi connectivity index (χ2v) is 6.77. The average molecular weight is 478 g/mol. The molecule has 2 rings (SSSR count). The molecule has 0 saturated heterocycles. The largest absolute Gasteiger partial charge is 0.478 e. The third-order valence-electron chi connectivity index (χ3n) is 2.61. The summed E-state index contributed by atoms with van der Waals surface area (Å²) in [7, 11) is 0.